The summed E-state index contributed by atoms with van der Waals surface area (Å²) in [5, 5.41) is 0. The van der Waals surface area contributed by atoms with Gasteiger partial charge in [0.15, 0.2) is 0 Å². The first kappa shape index (κ1) is 11.1. The number of alkyl halides is 2. The number of rotatable bonds is 4. The Balaban J connectivity index is 2.64. The molecule has 14 heavy (non-hydrogen) atoms. The minimum Gasteiger partial charge on any atom is -0.207 e. The largest absolute Gasteiger partial charge is 0.252 e. The highest BCUT2D eigenvalue weighted by molar-refractivity contribution is 5.17. The van der Waals surface area contributed by atoms with Crippen LogP contribution in [0.25, 0.3) is 0 Å². The quantitative estimate of drug-likeness (QED) is 0.698. The molecule has 0 aliphatic rings. The van der Waals surface area contributed by atoms with Crippen LogP contribution < -0.4 is 0 Å². The molecule has 0 bridgehead atoms. The van der Waals surface area contributed by atoms with Gasteiger partial charge in [0, 0.05) is 12.8 Å². The van der Waals surface area contributed by atoms with Crippen LogP contribution in [-0.4, -0.2) is 5.92 Å². The summed E-state index contributed by atoms with van der Waals surface area (Å²) in [6.45, 7) is 3.39. The summed E-state index contributed by atoms with van der Waals surface area (Å²) in [7, 11) is 0. The minimum atomic E-state index is -2.74. The van der Waals surface area contributed by atoms with E-state index in [0.717, 1.165) is 0 Å². The first-order valence-electron chi connectivity index (χ1n) is 4.45. The third-order valence-electron chi connectivity index (χ3n) is 1.92. The molecule has 0 nitrogen and oxygen atoms in total. The predicted octanol–water partition coefficient (Wildman–Crippen LogP) is 3.62. The van der Waals surface area contributed by atoms with Gasteiger partial charge in [-0.1, -0.05) is 19.1 Å². The lowest BCUT2D eigenvalue weighted by atomic mass is 10.0. The summed E-state index contributed by atoms with van der Waals surface area (Å²) in [5.74, 6) is -3.14. The van der Waals surface area contributed by atoms with Gasteiger partial charge < -0.3 is 0 Å². The van der Waals surface area contributed by atoms with E-state index in [2.05, 4.69) is 6.92 Å². The van der Waals surface area contributed by atoms with Gasteiger partial charge in [0.2, 0.25) is 0 Å². The third-order valence-corrected chi connectivity index (χ3v) is 1.92. The van der Waals surface area contributed by atoms with Gasteiger partial charge >= 0.3 is 0 Å². The second-order valence-corrected chi connectivity index (χ2v) is 3.26. The number of hydrogen-bond acceptors (Lipinski definition) is 0. The molecule has 1 aromatic carbocycles. The molecule has 0 aliphatic carbocycles. The van der Waals surface area contributed by atoms with Crippen LogP contribution in [0.1, 0.15) is 18.4 Å². The van der Waals surface area contributed by atoms with Crippen LogP contribution in [0.5, 0.6) is 0 Å². The summed E-state index contributed by atoms with van der Waals surface area (Å²) >= 11 is 0. The van der Waals surface area contributed by atoms with Crippen molar-refractivity contribution in [3.8, 4) is 0 Å². The van der Waals surface area contributed by atoms with E-state index in [1.807, 2.05) is 0 Å². The summed E-state index contributed by atoms with van der Waals surface area (Å²) in [4.78, 5) is 0. The van der Waals surface area contributed by atoms with Crippen LogP contribution in [-0.2, 0) is 6.42 Å². The molecule has 0 fully saturated rings. The van der Waals surface area contributed by atoms with E-state index in [0.29, 0.717) is 5.56 Å². The Kier molecular flexibility index (Phi) is 3.55. The number of hydrogen-bond donors (Lipinski definition) is 0. The van der Waals surface area contributed by atoms with Crippen LogP contribution in [0.3, 0.4) is 0 Å². The fourth-order valence-corrected chi connectivity index (χ4v) is 1.25. The maximum Gasteiger partial charge on any atom is 0.252 e. The lowest BCUT2D eigenvalue weighted by Crippen LogP contribution is -2.18. The fraction of sp³-hybridized carbons (Fsp3) is 0.364. The van der Waals surface area contributed by atoms with Gasteiger partial charge in [-0.2, -0.15) is 0 Å². The van der Waals surface area contributed by atoms with Crippen molar-refractivity contribution in [2.75, 3.05) is 0 Å². The van der Waals surface area contributed by atoms with Crippen LogP contribution in [0, 0.1) is 12.7 Å². The average molecular weight is 201 g/mol. The van der Waals surface area contributed by atoms with E-state index in [1.54, 1.807) is 0 Å². The Morgan fingerprint density at radius 1 is 1.14 bits per heavy atom. The lowest BCUT2D eigenvalue weighted by molar-refractivity contribution is -0.00627. The molecule has 1 radical (unpaired) electrons. The highest BCUT2D eigenvalue weighted by atomic mass is 19.3. The first-order valence-corrected chi connectivity index (χ1v) is 4.45. The molecule has 0 amide bonds. The SMILES string of the molecule is [CH2]CCC(F)(F)Cc1ccc(F)cc1. The van der Waals surface area contributed by atoms with Crippen LogP contribution in [0.15, 0.2) is 24.3 Å². The standard InChI is InChI=1S/C11H12F3/c1-2-7-11(13,14)8-9-3-5-10(12)6-4-9/h3-6H,1-2,7-8H2. The molecule has 0 aliphatic heterocycles. The highest BCUT2D eigenvalue weighted by Gasteiger charge is 2.27. The number of benzene rings is 1. The van der Waals surface area contributed by atoms with Crippen LogP contribution in [0.2, 0.25) is 0 Å². The lowest BCUT2D eigenvalue weighted by Gasteiger charge is -2.14. The first-order chi connectivity index (χ1) is 6.53. The van der Waals surface area contributed by atoms with Gasteiger partial charge in [0.25, 0.3) is 5.92 Å². The van der Waals surface area contributed by atoms with E-state index < -0.39 is 11.7 Å². The second-order valence-electron chi connectivity index (χ2n) is 3.26. The topological polar surface area (TPSA) is 0 Å². The smallest absolute Gasteiger partial charge is 0.207 e. The van der Waals surface area contributed by atoms with Gasteiger partial charge in [-0.15, -0.1) is 0 Å². The van der Waals surface area contributed by atoms with Gasteiger partial charge in [-0.25, -0.2) is 13.2 Å². The molecule has 0 atom stereocenters. The zero-order valence-corrected chi connectivity index (χ0v) is 7.77. The Bertz CT molecular complexity index is 277. The zero-order valence-electron chi connectivity index (χ0n) is 7.77. The van der Waals surface area contributed by atoms with E-state index in [9.17, 15) is 13.2 Å². The summed E-state index contributed by atoms with van der Waals surface area (Å²) in [6.07, 6.45) is -0.374. The van der Waals surface area contributed by atoms with Gasteiger partial charge in [0.1, 0.15) is 5.82 Å². The second kappa shape index (κ2) is 4.49. The monoisotopic (exact) mass is 201 g/mol. The molecule has 0 N–H and O–H groups in total. The predicted molar refractivity (Wildman–Crippen MR) is 49.6 cm³/mol. The molecule has 0 unspecified atom stereocenters. The van der Waals surface area contributed by atoms with E-state index in [4.69, 9.17) is 0 Å². The van der Waals surface area contributed by atoms with Gasteiger partial charge in [-0.3, -0.25) is 0 Å². The van der Waals surface area contributed by atoms with Gasteiger partial charge in [-0.05, 0) is 24.1 Å². The van der Waals surface area contributed by atoms with Crippen molar-refractivity contribution in [2.45, 2.75) is 25.2 Å². The Morgan fingerprint density at radius 3 is 2.21 bits per heavy atom. The van der Waals surface area contributed by atoms with Crippen molar-refractivity contribution in [2.24, 2.45) is 0 Å². The molecule has 0 saturated carbocycles. The Morgan fingerprint density at radius 2 is 1.71 bits per heavy atom. The zero-order chi connectivity index (χ0) is 10.6. The van der Waals surface area contributed by atoms with Crippen LogP contribution >= 0.6 is 0 Å². The van der Waals surface area contributed by atoms with Crippen molar-refractivity contribution in [1.82, 2.24) is 0 Å². The van der Waals surface area contributed by atoms with Crippen molar-refractivity contribution >= 4 is 0 Å². The maximum atomic E-state index is 13.1. The van der Waals surface area contributed by atoms with Crippen molar-refractivity contribution < 1.29 is 13.2 Å². The van der Waals surface area contributed by atoms with Crippen molar-refractivity contribution in [1.29, 1.82) is 0 Å². The van der Waals surface area contributed by atoms with E-state index >= 15 is 0 Å². The molecule has 0 aromatic heterocycles. The summed E-state index contributed by atoms with van der Waals surface area (Å²) in [5.41, 5.74) is 0.449. The molecule has 1 aromatic rings. The molecule has 77 valence electrons. The van der Waals surface area contributed by atoms with E-state index in [1.165, 1.54) is 24.3 Å². The fourth-order valence-electron chi connectivity index (χ4n) is 1.25. The Labute approximate surface area is 81.8 Å². The molecular weight excluding hydrogens is 189 g/mol. The minimum absolute atomic E-state index is 0.203. The molecule has 0 spiro atoms. The van der Waals surface area contributed by atoms with Crippen molar-refractivity contribution in [3.05, 3.63) is 42.6 Å². The molecular formula is C11H12F3. The average Bonchev–Trinajstić information content (AvgIpc) is 2.08. The molecule has 1 rings (SSSR count). The molecule has 0 saturated heterocycles. The number of halogens is 3. The van der Waals surface area contributed by atoms with Crippen LogP contribution in [0.4, 0.5) is 13.2 Å². The maximum absolute atomic E-state index is 13.1. The molecule has 0 heterocycles. The highest BCUT2D eigenvalue weighted by Crippen LogP contribution is 2.25. The Hall–Kier alpha value is -0.990. The summed E-state index contributed by atoms with van der Waals surface area (Å²) < 4.78 is 38.6. The van der Waals surface area contributed by atoms with E-state index in [-0.39, 0.29) is 19.3 Å². The van der Waals surface area contributed by atoms with Crippen molar-refractivity contribution in [3.63, 3.8) is 0 Å². The normalized spacial score (nSPS) is 11.7. The molecule has 3 heteroatoms. The van der Waals surface area contributed by atoms with Gasteiger partial charge in [0.05, 0.1) is 0 Å². The summed E-state index contributed by atoms with van der Waals surface area (Å²) in [6, 6.07) is 5.14. The third kappa shape index (κ3) is 3.40.